The Morgan fingerprint density at radius 3 is 2.27 bits per heavy atom. The Balaban J connectivity index is 1.60. The number of methoxy groups -OCH3 is 2. The number of rotatable bonds is 9. The highest BCUT2D eigenvalue weighted by Gasteiger charge is 2.45. The van der Waals surface area contributed by atoms with E-state index in [9.17, 15) is 8.42 Å². The molecule has 3 atom stereocenters. The van der Waals surface area contributed by atoms with Crippen LogP contribution in [0.3, 0.4) is 0 Å². The number of hydrogen-bond donors (Lipinski definition) is 0. The van der Waals surface area contributed by atoms with Crippen LogP contribution in [0.2, 0.25) is 0 Å². The van der Waals surface area contributed by atoms with E-state index in [2.05, 4.69) is 0 Å². The summed E-state index contributed by atoms with van der Waals surface area (Å²) < 4.78 is 50.2. The zero-order valence-electron chi connectivity index (χ0n) is 18.7. The number of ether oxygens (including phenoxy) is 4. The van der Waals surface area contributed by atoms with Gasteiger partial charge in [-0.3, -0.25) is 0 Å². The van der Waals surface area contributed by atoms with Gasteiger partial charge < -0.3 is 18.9 Å². The second kappa shape index (κ2) is 10.4. The standard InChI is InChI=1S/C26H28O6S/c1-29-20-13-14-23(24(15-20)30-2)26-25(33(27,28)22-11-7-4-8-12-22)16-21(32-26)18-31-17-19-9-5-3-6-10-19/h3-15,21,25-26H,16-18H2,1-2H3/t21-,25+,26-/m0/s1. The summed E-state index contributed by atoms with van der Waals surface area (Å²) in [6.07, 6.45) is -0.735. The number of benzene rings is 3. The zero-order chi connectivity index (χ0) is 23.3. The van der Waals surface area contributed by atoms with Crippen LogP contribution in [-0.2, 0) is 25.9 Å². The molecule has 0 saturated carbocycles. The van der Waals surface area contributed by atoms with Gasteiger partial charge in [0.05, 0.1) is 43.7 Å². The summed E-state index contributed by atoms with van der Waals surface area (Å²) in [5.41, 5.74) is 1.73. The van der Waals surface area contributed by atoms with E-state index in [0.717, 1.165) is 5.56 Å². The largest absolute Gasteiger partial charge is 0.497 e. The molecule has 1 aliphatic rings. The minimum atomic E-state index is -3.65. The summed E-state index contributed by atoms with van der Waals surface area (Å²) in [5.74, 6) is 1.15. The van der Waals surface area contributed by atoms with Gasteiger partial charge in [0, 0.05) is 11.6 Å². The molecule has 0 bridgehead atoms. The van der Waals surface area contributed by atoms with Crippen molar-refractivity contribution in [2.45, 2.75) is 35.4 Å². The van der Waals surface area contributed by atoms with Crippen molar-refractivity contribution in [3.05, 3.63) is 90.0 Å². The molecule has 33 heavy (non-hydrogen) atoms. The SMILES string of the molecule is COc1ccc([C@@H]2O[C@H](COCc3ccccc3)C[C@H]2S(=O)(=O)c2ccccc2)c(OC)c1. The van der Waals surface area contributed by atoms with E-state index in [1.165, 1.54) is 0 Å². The topological polar surface area (TPSA) is 71.1 Å². The van der Waals surface area contributed by atoms with Crippen LogP contribution in [0, 0.1) is 0 Å². The first-order valence-corrected chi connectivity index (χ1v) is 12.4. The molecule has 0 amide bonds. The summed E-state index contributed by atoms with van der Waals surface area (Å²) in [6, 6.07) is 23.7. The fourth-order valence-electron chi connectivity index (χ4n) is 4.12. The minimum Gasteiger partial charge on any atom is -0.497 e. The molecule has 0 aromatic heterocycles. The molecular formula is C26H28O6S. The lowest BCUT2D eigenvalue weighted by Crippen LogP contribution is -2.25. The minimum absolute atomic E-state index is 0.280. The third kappa shape index (κ3) is 5.21. The van der Waals surface area contributed by atoms with Crippen molar-refractivity contribution in [1.82, 2.24) is 0 Å². The predicted octanol–water partition coefficient (Wildman–Crippen LogP) is 4.59. The second-order valence-electron chi connectivity index (χ2n) is 7.92. The molecule has 0 spiro atoms. The molecule has 4 rings (SSSR count). The smallest absolute Gasteiger partial charge is 0.184 e. The van der Waals surface area contributed by atoms with Gasteiger partial charge in [0.2, 0.25) is 0 Å². The van der Waals surface area contributed by atoms with E-state index in [1.54, 1.807) is 56.7 Å². The maximum Gasteiger partial charge on any atom is 0.184 e. The van der Waals surface area contributed by atoms with Crippen molar-refractivity contribution < 1.29 is 27.4 Å². The molecule has 1 aliphatic heterocycles. The summed E-state index contributed by atoms with van der Waals surface area (Å²) in [6.45, 7) is 0.734. The van der Waals surface area contributed by atoms with Crippen molar-refractivity contribution in [2.75, 3.05) is 20.8 Å². The van der Waals surface area contributed by atoms with Gasteiger partial charge in [-0.25, -0.2) is 8.42 Å². The average Bonchev–Trinajstić information content (AvgIpc) is 3.29. The zero-order valence-corrected chi connectivity index (χ0v) is 19.5. The fraction of sp³-hybridized carbons (Fsp3) is 0.308. The van der Waals surface area contributed by atoms with Crippen LogP contribution in [0.25, 0.3) is 0 Å². The van der Waals surface area contributed by atoms with Crippen LogP contribution < -0.4 is 9.47 Å². The summed E-state index contributed by atoms with van der Waals surface area (Å²) in [5, 5.41) is -0.771. The number of sulfone groups is 1. The summed E-state index contributed by atoms with van der Waals surface area (Å²) in [7, 11) is -0.531. The fourth-order valence-corrected chi connectivity index (χ4v) is 6.01. The van der Waals surface area contributed by atoms with Crippen LogP contribution in [0.4, 0.5) is 0 Å². The van der Waals surface area contributed by atoms with Crippen LogP contribution in [0.15, 0.2) is 83.8 Å². The van der Waals surface area contributed by atoms with Gasteiger partial charge >= 0.3 is 0 Å². The molecule has 174 valence electrons. The first-order valence-electron chi connectivity index (χ1n) is 10.8. The van der Waals surface area contributed by atoms with E-state index in [1.807, 2.05) is 36.4 Å². The van der Waals surface area contributed by atoms with Crippen molar-refractivity contribution in [2.24, 2.45) is 0 Å². The van der Waals surface area contributed by atoms with Crippen LogP contribution in [0.1, 0.15) is 23.7 Å². The van der Waals surface area contributed by atoms with Crippen molar-refractivity contribution in [1.29, 1.82) is 0 Å². The first-order chi connectivity index (χ1) is 16.0. The van der Waals surface area contributed by atoms with E-state index in [4.69, 9.17) is 18.9 Å². The highest BCUT2D eigenvalue weighted by Crippen LogP contribution is 2.44. The molecule has 1 fully saturated rings. The van der Waals surface area contributed by atoms with Gasteiger partial charge in [0.1, 0.15) is 17.6 Å². The van der Waals surface area contributed by atoms with Crippen molar-refractivity contribution >= 4 is 9.84 Å². The molecule has 0 N–H and O–H groups in total. The maximum atomic E-state index is 13.6. The van der Waals surface area contributed by atoms with Gasteiger partial charge in [-0.1, -0.05) is 48.5 Å². The Morgan fingerprint density at radius 2 is 1.61 bits per heavy atom. The van der Waals surface area contributed by atoms with Gasteiger partial charge in [0.15, 0.2) is 9.84 Å². The number of hydrogen-bond acceptors (Lipinski definition) is 6. The molecule has 0 radical (unpaired) electrons. The summed E-state index contributed by atoms with van der Waals surface area (Å²) >= 11 is 0. The van der Waals surface area contributed by atoms with Crippen LogP contribution >= 0.6 is 0 Å². The Kier molecular flexibility index (Phi) is 7.33. The average molecular weight is 469 g/mol. The van der Waals surface area contributed by atoms with E-state index >= 15 is 0 Å². The van der Waals surface area contributed by atoms with Crippen molar-refractivity contribution in [3.8, 4) is 11.5 Å². The van der Waals surface area contributed by atoms with Crippen LogP contribution in [-0.4, -0.2) is 40.6 Å². The Labute approximate surface area is 195 Å². The molecule has 6 nitrogen and oxygen atoms in total. The lowest BCUT2D eigenvalue weighted by Gasteiger charge is -2.22. The van der Waals surface area contributed by atoms with Gasteiger partial charge in [-0.15, -0.1) is 0 Å². The molecular weight excluding hydrogens is 440 g/mol. The first kappa shape index (κ1) is 23.3. The monoisotopic (exact) mass is 468 g/mol. The maximum absolute atomic E-state index is 13.6. The van der Waals surface area contributed by atoms with E-state index in [0.29, 0.717) is 36.7 Å². The lowest BCUT2D eigenvalue weighted by atomic mass is 10.0. The molecule has 7 heteroatoms. The molecule has 3 aromatic rings. The van der Waals surface area contributed by atoms with E-state index < -0.39 is 21.2 Å². The third-order valence-electron chi connectivity index (χ3n) is 5.80. The highest BCUT2D eigenvalue weighted by molar-refractivity contribution is 7.92. The normalized spacial score (nSPS) is 20.5. The van der Waals surface area contributed by atoms with Gasteiger partial charge in [0.25, 0.3) is 0 Å². The predicted molar refractivity (Wildman–Crippen MR) is 125 cm³/mol. The molecule has 0 unspecified atom stereocenters. The summed E-state index contributed by atoms with van der Waals surface area (Å²) in [4.78, 5) is 0.280. The van der Waals surface area contributed by atoms with Gasteiger partial charge in [-0.2, -0.15) is 0 Å². The van der Waals surface area contributed by atoms with E-state index in [-0.39, 0.29) is 11.0 Å². The Bertz CT molecular complexity index is 1150. The molecule has 1 heterocycles. The van der Waals surface area contributed by atoms with Crippen LogP contribution in [0.5, 0.6) is 11.5 Å². The Hall–Kier alpha value is -2.87. The van der Waals surface area contributed by atoms with Crippen molar-refractivity contribution in [3.63, 3.8) is 0 Å². The highest BCUT2D eigenvalue weighted by atomic mass is 32.2. The molecule has 1 saturated heterocycles. The lowest BCUT2D eigenvalue weighted by molar-refractivity contribution is -0.0207. The third-order valence-corrected chi connectivity index (χ3v) is 7.97. The quantitative estimate of drug-likeness (QED) is 0.457. The second-order valence-corrected chi connectivity index (χ2v) is 10.1. The molecule has 0 aliphatic carbocycles. The molecule has 3 aromatic carbocycles. The van der Waals surface area contributed by atoms with Gasteiger partial charge in [-0.05, 0) is 36.2 Å². The Morgan fingerprint density at radius 1 is 0.909 bits per heavy atom.